The maximum Gasteiger partial charge on any atom is 0.338 e. The van der Waals surface area contributed by atoms with Gasteiger partial charge in [0.25, 0.3) is 0 Å². The highest BCUT2D eigenvalue weighted by Gasteiger charge is 2.36. The minimum atomic E-state index is -0.748. The van der Waals surface area contributed by atoms with Crippen LogP contribution < -0.4 is 15.2 Å². The van der Waals surface area contributed by atoms with Crippen molar-refractivity contribution < 1.29 is 23.7 Å². The summed E-state index contributed by atoms with van der Waals surface area (Å²) in [6.45, 7) is 3.72. The van der Waals surface area contributed by atoms with E-state index >= 15 is 0 Å². The molecule has 0 saturated carbocycles. The van der Waals surface area contributed by atoms with E-state index in [-0.39, 0.29) is 30.2 Å². The van der Waals surface area contributed by atoms with E-state index in [0.717, 1.165) is 16.5 Å². The van der Waals surface area contributed by atoms with Crippen molar-refractivity contribution >= 4 is 16.9 Å². The molecule has 2 aromatic carbocycles. The molecule has 0 aliphatic carbocycles. The lowest BCUT2D eigenvalue weighted by molar-refractivity contribution is -0.139. The monoisotopic (exact) mass is 471 g/mol. The van der Waals surface area contributed by atoms with Crippen LogP contribution in [-0.4, -0.2) is 24.7 Å². The van der Waals surface area contributed by atoms with Gasteiger partial charge in [0.2, 0.25) is 5.88 Å². The van der Waals surface area contributed by atoms with Gasteiger partial charge in [0.15, 0.2) is 0 Å². The molecule has 0 amide bonds. The first-order valence-electron chi connectivity index (χ1n) is 11.1. The molecule has 8 heteroatoms. The molecule has 35 heavy (non-hydrogen) atoms. The summed E-state index contributed by atoms with van der Waals surface area (Å²) in [7, 11) is 1.57. The number of fused-ring (bicyclic) bond motifs is 1. The minimum absolute atomic E-state index is 0.0414. The van der Waals surface area contributed by atoms with Crippen LogP contribution in [0.15, 0.2) is 77.5 Å². The van der Waals surface area contributed by atoms with E-state index in [2.05, 4.69) is 11.1 Å². The van der Waals surface area contributed by atoms with Crippen molar-refractivity contribution in [2.24, 2.45) is 5.73 Å². The first-order valence-corrected chi connectivity index (χ1v) is 11.1. The van der Waals surface area contributed by atoms with Gasteiger partial charge in [0.1, 0.15) is 35.5 Å². The number of methoxy groups -OCH3 is 1. The molecule has 1 unspecified atom stereocenters. The van der Waals surface area contributed by atoms with Crippen molar-refractivity contribution in [2.45, 2.75) is 26.4 Å². The molecule has 1 aliphatic heterocycles. The number of nitriles is 1. The molecule has 178 valence electrons. The quantitative estimate of drug-likeness (QED) is 0.502. The molecule has 1 aromatic heterocycles. The van der Waals surface area contributed by atoms with Crippen LogP contribution in [0, 0.1) is 11.3 Å². The molecule has 2 N–H and O–H groups in total. The number of nitrogens with zero attached hydrogens (tertiary/aromatic N) is 2. The second kappa shape index (κ2) is 10.2. The normalized spacial score (nSPS) is 15.4. The Kier molecular flexibility index (Phi) is 6.88. The maximum atomic E-state index is 12.8. The first kappa shape index (κ1) is 23.6. The predicted octanol–water partition coefficient (Wildman–Crippen LogP) is 4.47. The number of benzene rings is 2. The molecule has 0 bridgehead atoms. The molecule has 1 atom stereocenters. The number of nitrogens with two attached hydrogens (primary N) is 1. The largest absolute Gasteiger partial charge is 0.496 e. The molecular formula is C27H25N3O5. The van der Waals surface area contributed by atoms with Crippen molar-refractivity contribution in [1.29, 1.82) is 5.26 Å². The zero-order valence-corrected chi connectivity index (χ0v) is 19.7. The number of ether oxygens (including phenoxy) is 4. The Hall–Kier alpha value is -4.51. The zero-order valence-electron chi connectivity index (χ0n) is 19.7. The van der Waals surface area contributed by atoms with Crippen LogP contribution in [0.5, 0.6) is 11.5 Å². The van der Waals surface area contributed by atoms with Gasteiger partial charge in [0.05, 0.1) is 30.7 Å². The predicted molar refractivity (Wildman–Crippen MR) is 129 cm³/mol. The highest BCUT2D eigenvalue weighted by Crippen LogP contribution is 2.41. The third kappa shape index (κ3) is 4.75. The van der Waals surface area contributed by atoms with Gasteiger partial charge in [-0.15, -0.1) is 0 Å². The number of pyridine rings is 1. The topological polar surface area (TPSA) is 117 Å². The molecule has 0 radical (unpaired) electrons. The van der Waals surface area contributed by atoms with Crippen molar-refractivity contribution in [3.63, 3.8) is 0 Å². The first-order chi connectivity index (χ1) is 17.0. The summed E-state index contributed by atoms with van der Waals surface area (Å²) in [5, 5.41) is 10.8. The second-order valence-electron chi connectivity index (χ2n) is 7.83. The van der Waals surface area contributed by atoms with Crippen molar-refractivity contribution in [2.75, 3.05) is 13.7 Å². The average Bonchev–Trinajstić information content (AvgIpc) is 2.86. The highest BCUT2D eigenvalue weighted by atomic mass is 16.5. The van der Waals surface area contributed by atoms with Gasteiger partial charge < -0.3 is 24.7 Å². The van der Waals surface area contributed by atoms with E-state index in [9.17, 15) is 10.1 Å². The third-order valence-electron chi connectivity index (χ3n) is 5.71. The Morgan fingerprint density at radius 2 is 2.06 bits per heavy atom. The van der Waals surface area contributed by atoms with Crippen molar-refractivity contribution in [1.82, 2.24) is 4.98 Å². The number of hydrogen-bond acceptors (Lipinski definition) is 8. The number of rotatable bonds is 7. The lowest BCUT2D eigenvalue weighted by Gasteiger charge is -2.27. The van der Waals surface area contributed by atoms with Gasteiger partial charge in [-0.25, -0.2) is 4.79 Å². The van der Waals surface area contributed by atoms with Crippen molar-refractivity contribution in [3.05, 3.63) is 88.6 Å². The van der Waals surface area contributed by atoms with Crippen LogP contribution in [0.4, 0.5) is 0 Å². The summed E-state index contributed by atoms with van der Waals surface area (Å²) >= 11 is 0. The molecule has 0 fully saturated rings. The summed E-state index contributed by atoms with van der Waals surface area (Å²) in [4.78, 5) is 17.2. The van der Waals surface area contributed by atoms with Gasteiger partial charge >= 0.3 is 5.97 Å². The number of aromatic nitrogens is 1. The van der Waals surface area contributed by atoms with E-state index in [4.69, 9.17) is 24.7 Å². The molecule has 4 rings (SSSR count). The number of hydrogen-bond donors (Lipinski definition) is 1. The Bertz CT molecular complexity index is 1390. The fourth-order valence-corrected chi connectivity index (χ4v) is 4.08. The standard InChI is InChI=1S/C27H25N3O5/c1-4-33-27(31)24-16(2)35-26(29)21(14-28)25(24)18-8-10-23(32-3)19(12-18)15-34-20-9-7-17-6-5-11-30-22(17)13-20/h5-13,25H,4,15,29H2,1-3H3. The SMILES string of the molecule is CCOC(=O)C1=C(C)OC(N)=C(C#N)C1c1ccc(OC)c(COc2ccc3cccnc3c2)c1. The third-order valence-corrected chi connectivity index (χ3v) is 5.71. The summed E-state index contributed by atoms with van der Waals surface area (Å²) in [5.41, 5.74) is 8.60. The molecular weight excluding hydrogens is 446 g/mol. The summed E-state index contributed by atoms with van der Waals surface area (Å²) < 4.78 is 22.3. The van der Waals surface area contributed by atoms with Crippen LogP contribution in [-0.2, 0) is 20.9 Å². The van der Waals surface area contributed by atoms with E-state index in [1.165, 1.54) is 0 Å². The van der Waals surface area contributed by atoms with Gasteiger partial charge in [-0.05, 0) is 49.7 Å². The molecule has 2 heterocycles. The maximum absolute atomic E-state index is 12.8. The molecule has 1 aliphatic rings. The lowest BCUT2D eigenvalue weighted by atomic mass is 9.82. The van der Waals surface area contributed by atoms with E-state index in [0.29, 0.717) is 22.8 Å². The van der Waals surface area contributed by atoms with Crippen LogP contribution in [0.2, 0.25) is 0 Å². The zero-order chi connectivity index (χ0) is 24.9. The number of carbonyl (C=O) groups is 1. The Morgan fingerprint density at radius 1 is 1.23 bits per heavy atom. The van der Waals surface area contributed by atoms with Crippen LogP contribution in [0.25, 0.3) is 10.9 Å². The Balaban J connectivity index is 1.70. The summed E-state index contributed by atoms with van der Waals surface area (Å²) in [5.74, 6) is 0.200. The van der Waals surface area contributed by atoms with E-state index in [1.54, 1.807) is 39.3 Å². The van der Waals surface area contributed by atoms with Gasteiger partial charge in [-0.2, -0.15) is 5.26 Å². The van der Waals surface area contributed by atoms with Crippen LogP contribution >= 0.6 is 0 Å². The highest BCUT2D eigenvalue weighted by molar-refractivity contribution is 5.92. The summed E-state index contributed by atoms with van der Waals surface area (Å²) in [6.07, 6.45) is 1.73. The van der Waals surface area contributed by atoms with Crippen molar-refractivity contribution in [3.8, 4) is 17.6 Å². The van der Waals surface area contributed by atoms with Crippen LogP contribution in [0.1, 0.15) is 30.9 Å². The molecule has 0 spiro atoms. The van der Waals surface area contributed by atoms with E-state index in [1.807, 2.05) is 36.4 Å². The van der Waals surface area contributed by atoms with E-state index < -0.39 is 11.9 Å². The number of carbonyl (C=O) groups excluding carboxylic acids is 1. The molecule has 0 saturated heterocycles. The smallest absolute Gasteiger partial charge is 0.338 e. The molecule has 3 aromatic rings. The summed E-state index contributed by atoms with van der Waals surface area (Å²) in [6, 6.07) is 17.0. The number of allylic oxidation sites excluding steroid dienone is 2. The fourth-order valence-electron chi connectivity index (χ4n) is 4.08. The van der Waals surface area contributed by atoms with Crippen LogP contribution in [0.3, 0.4) is 0 Å². The van der Waals surface area contributed by atoms with Gasteiger partial charge in [0, 0.05) is 23.2 Å². The number of esters is 1. The fraction of sp³-hybridized carbons (Fsp3) is 0.222. The average molecular weight is 472 g/mol. The van der Waals surface area contributed by atoms with Gasteiger partial charge in [-0.3, -0.25) is 4.98 Å². The lowest BCUT2D eigenvalue weighted by Crippen LogP contribution is -2.25. The Morgan fingerprint density at radius 3 is 2.80 bits per heavy atom. The van der Waals surface area contributed by atoms with Gasteiger partial charge in [-0.1, -0.05) is 12.1 Å². The minimum Gasteiger partial charge on any atom is -0.496 e. The Labute approximate surface area is 203 Å². The second-order valence-corrected chi connectivity index (χ2v) is 7.83. The molecule has 8 nitrogen and oxygen atoms in total.